The minimum Gasteiger partial charge on any atom is -0.409 e. The molecule has 0 rings (SSSR count). The molecule has 0 heterocycles. The molecule has 8 heteroatoms. The average molecular weight is 341 g/mol. The molecule has 0 aliphatic rings. The van der Waals surface area contributed by atoms with Gasteiger partial charge >= 0.3 is 0 Å². The summed E-state index contributed by atoms with van der Waals surface area (Å²) < 4.78 is 24.2. The van der Waals surface area contributed by atoms with Crippen molar-refractivity contribution >= 4 is 35.4 Å². The van der Waals surface area contributed by atoms with E-state index in [2.05, 4.69) is 58.9 Å². The Bertz CT molecular complexity index is 262. The molecule has 0 radical (unpaired) electrons. The zero-order valence-corrected chi connectivity index (χ0v) is 19.3. The van der Waals surface area contributed by atoms with Gasteiger partial charge in [-0.15, -0.1) is 0 Å². The van der Waals surface area contributed by atoms with Crippen molar-refractivity contribution in [3.63, 3.8) is 0 Å². The second kappa shape index (κ2) is 6.65. The highest BCUT2D eigenvalue weighted by atomic mass is 28.4. The van der Waals surface area contributed by atoms with Crippen LogP contribution in [0.15, 0.2) is 0 Å². The fraction of sp³-hybridized carbons (Fsp3) is 1.00. The predicted octanol–water partition coefficient (Wildman–Crippen LogP) is 2.49. The van der Waals surface area contributed by atoms with Gasteiger partial charge in [-0.1, -0.05) is 0 Å². The molecule has 19 heavy (non-hydrogen) atoms. The number of hydrogen-bond acceptors (Lipinski definition) is 4. The van der Waals surface area contributed by atoms with E-state index in [1.807, 2.05) is 0 Å². The fourth-order valence-corrected chi connectivity index (χ4v) is 5.00. The molecule has 0 amide bonds. The van der Waals surface area contributed by atoms with E-state index >= 15 is 0 Å². The highest BCUT2D eigenvalue weighted by Gasteiger charge is 2.42. The van der Waals surface area contributed by atoms with Gasteiger partial charge in [0.25, 0.3) is 5.97 Å². The molecule has 0 aliphatic heterocycles. The van der Waals surface area contributed by atoms with Crippen LogP contribution in [0, 0.1) is 0 Å². The van der Waals surface area contributed by atoms with Crippen LogP contribution in [0.4, 0.5) is 0 Å². The third kappa shape index (κ3) is 10.1. The Hall–Kier alpha value is 0.708. The lowest BCUT2D eigenvalue weighted by atomic mass is 10.6. The summed E-state index contributed by atoms with van der Waals surface area (Å²) in [7, 11) is -4.62. The average Bonchev–Trinajstić information content (AvgIpc) is 2.08. The molecule has 0 saturated carbocycles. The molecule has 0 aromatic rings. The molecule has 0 aliphatic carbocycles. The standard InChI is InChI=1S/C11H32O4Si4/c1-17(2,3)12-10-11(13-16,14-18(4,5)6)15-19(7,8)9/h10H2,1-9,16H3. The van der Waals surface area contributed by atoms with Crippen LogP contribution in [0.2, 0.25) is 58.9 Å². The van der Waals surface area contributed by atoms with Gasteiger partial charge in [0, 0.05) is 0 Å². The summed E-state index contributed by atoms with van der Waals surface area (Å²) in [6, 6.07) is 0. The summed E-state index contributed by atoms with van der Waals surface area (Å²) >= 11 is 0. The van der Waals surface area contributed by atoms with Crippen molar-refractivity contribution < 1.29 is 17.7 Å². The molecule has 0 N–H and O–H groups in total. The van der Waals surface area contributed by atoms with Gasteiger partial charge in [0.2, 0.25) is 0 Å². The molecule has 116 valence electrons. The molecule has 0 saturated heterocycles. The maximum atomic E-state index is 6.21. The molecule has 0 fully saturated rings. The van der Waals surface area contributed by atoms with Gasteiger partial charge in [-0.05, 0) is 58.9 Å². The van der Waals surface area contributed by atoms with Gasteiger partial charge in [-0.25, -0.2) is 0 Å². The van der Waals surface area contributed by atoms with E-state index in [0.29, 0.717) is 17.1 Å². The van der Waals surface area contributed by atoms with Gasteiger partial charge in [0.1, 0.15) is 6.61 Å². The second-order valence-corrected chi connectivity index (χ2v) is 21.5. The summed E-state index contributed by atoms with van der Waals surface area (Å²) in [6.07, 6.45) is 0. The van der Waals surface area contributed by atoms with Gasteiger partial charge in [0.15, 0.2) is 35.4 Å². The maximum absolute atomic E-state index is 6.21. The van der Waals surface area contributed by atoms with Crippen LogP contribution in [0.5, 0.6) is 0 Å². The summed E-state index contributed by atoms with van der Waals surface area (Å²) in [6.45, 7) is 19.7. The summed E-state index contributed by atoms with van der Waals surface area (Å²) in [5, 5.41) is 0. The van der Waals surface area contributed by atoms with E-state index in [1.54, 1.807) is 0 Å². The summed E-state index contributed by atoms with van der Waals surface area (Å²) in [5.41, 5.74) is 0. The van der Waals surface area contributed by atoms with Crippen LogP contribution < -0.4 is 0 Å². The van der Waals surface area contributed by atoms with E-state index in [4.69, 9.17) is 17.7 Å². The van der Waals surface area contributed by atoms with Crippen LogP contribution >= 0.6 is 0 Å². The first-order valence-electron chi connectivity index (χ1n) is 6.78. The highest BCUT2D eigenvalue weighted by Crippen LogP contribution is 2.26. The Kier molecular flexibility index (Phi) is 6.89. The third-order valence-corrected chi connectivity index (χ3v) is 5.40. The highest BCUT2D eigenvalue weighted by molar-refractivity contribution is 6.71. The van der Waals surface area contributed by atoms with E-state index in [-0.39, 0.29) is 0 Å². The van der Waals surface area contributed by atoms with Crippen molar-refractivity contribution in [2.75, 3.05) is 6.61 Å². The van der Waals surface area contributed by atoms with Crippen LogP contribution in [-0.2, 0) is 17.7 Å². The summed E-state index contributed by atoms with van der Waals surface area (Å²) in [5.74, 6) is -0.985. The van der Waals surface area contributed by atoms with Crippen molar-refractivity contribution in [3.05, 3.63) is 0 Å². The molecule has 0 unspecified atom stereocenters. The van der Waals surface area contributed by atoms with Crippen molar-refractivity contribution in [2.45, 2.75) is 64.9 Å². The predicted molar refractivity (Wildman–Crippen MR) is 91.9 cm³/mol. The molecule has 0 atom stereocenters. The van der Waals surface area contributed by atoms with Gasteiger partial charge < -0.3 is 17.7 Å². The Morgan fingerprint density at radius 1 is 0.737 bits per heavy atom. The summed E-state index contributed by atoms with van der Waals surface area (Å²) in [4.78, 5) is 0. The number of hydrogen-bond donors (Lipinski definition) is 0. The normalized spacial score (nSPS) is 15.0. The Morgan fingerprint density at radius 3 is 1.32 bits per heavy atom. The van der Waals surface area contributed by atoms with Gasteiger partial charge in [-0.2, -0.15) is 0 Å². The van der Waals surface area contributed by atoms with Crippen molar-refractivity contribution in [3.8, 4) is 0 Å². The molecule has 4 nitrogen and oxygen atoms in total. The minimum atomic E-state index is -1.78. The fourth-order valence-electron chi connectivity index (χ4n) is 1.46. The lowest BCUT2D eigenvalue weighted by molar-refractivity contribution is -0.278. The first kappa shape index (κ1) is 19.7. The van der Waals surface area contributed by atoms with Gasteiger partial charge in [0.05, 0.1) is 0 Å². The largest absolute Gasteiger partial charge is 0.409 e. The van der Waals surface area contributed by atoms with Crippen LogP contribution in [-0.4, -0.2) is 48.0 Å². The Labute approximate surface area is 125 Å². The molecule has 0 spiro atoms. The first-order valence-corrected chi connectivity index (χ1v) is 17.8. The zero-order chi connectivity index (χ0) is 15.5. The van der Waals surface area contributed by atoms with E-state index in [9.17, 15) is 0 Å². The third-order valence-electron chi connectivity index (χ3n) is 1.92. The van der Waals surface area contributed by atoms with Crippen LogP contribution in [0.3, 0.4) is 0 Å². The number of rotatable bonds is 8. The van der Waals surface area contributed by atoms with E-state index < -0.39 is 30.9 Å². The van der Waals surface area contributed by atoms with Crippen LogP contribution in [0.25, 0.3) is 0 Å². The van der Waals surface area contributed by atoms with Crippen LogP contribution in [0.1, 0.15) is 0 Å². The molecular formula is C11H32O4Si4. The molecule has 0 aromatic carbocycles. The SMILES string of the molecule is C[Si](C)(C)OCC(O[SiH3])(O[Si](C)(C)C)O[Si](C)(C)C. The lowest BCUT2D eigenvalue weighted by Gasteiger charge is -2.42. The first-order chi connectivity index (χ1) is 8.18. The minimum absolute atomic E-state index is 0.376. The van der Waals surface area contributed by atoms with Crippen molar-refractivity contribution in [1.82, 2.24) is 0 Å². The Morgan fingerprint density at radius 2 is 1.11 bits per heavy atom. The topological polar surface area (TPSA) is 36.9 Å². The lowest BCUT2D eigenvalue weighted by Crippen LogP contribution is -2.55. The smallest absolute Gasteiger partial charge is 0.277 e. The molecule has 0 bridgehead atoms. The molecular weight excluding hydrogens is 308 g/mol. The van der Waals surface area contributed by atoms with Gasteiger partial charge in [-0.3, -0.25) is 0 Å². The maximum Gasteiger partial charge on any atom is 0.277 e. The second-order valence-electron chi connectivity index (χ2n) is 7.72. The molecule has 0 aromatic heterocycles. The van der Waals surface area contributed by atoms with E-state index in [0.717, 1.165) is 0 Å². The monoisotopic (exact) mass is 340 g/mol. The van der Waals surface area contributed by atoms with Crippen molar-refractivity contribution in [2.24, 2.45) is 0 Å². The van der Waals surface area contributed by atoms with Crippen molar-refractivity contribution in [1.29, 1.82) is 0 Å². The zero-order valence-electron chi connectivity index (χ0n) is 14.3. The Balaban J connectivity index is 5.07. The quantitative estimate of drug-likeness (QED) is 0.502. The van der Waals surface area contributed by atoms with E-state index in [1.165, 1.54) is 0 Å².